The highest BCUT2D eigenvalue weighted by molar-refractivity contribution is 5.94. The minimum atomic E-state index is -0.566. The summed E-state index contributed by atoms with van der Waals surface area (Å²) >= 11 is 0. The van der Waals surface area contributed by atoms with E-state index in [9.17, 15) is 15.0 Å². The van der Waals surface area contributed by atoms with Gasteiger partial charge in [0.2, 0.25) is 0 Å². The predicted molar refractivity (Wildman–Crippen MR) is 93.6 cm³/mol. The summed E-state index contributed by atoms with van der Waals surface area (Å²) in [6.45, 7) is 1.87. The van der Waals surface area contributed by atoms with E-state index in [1.165, 1.54) is 6.07 Å². The van der Waals surface area contributed by atoms with E-state index < -0.39 is 5.97 Å². The third-order valence-electron chi connectivity index (χ3n) is 4.83. The SMILES string of the molecule is COC1C=C/C=C/[C@H]2C[C@@H]2C[C@@H](C)OC(=O)c2c(O)cc(O)cc2C1. The van der Waals surface area contributed by atoms with Crippen molar-refractivity contribution in [1.82, 2.24) is 0 Å². The normalized spacial score (nSPS) is 30.6. The van der Waals surface area contributed by atoms with E-state index in [2.05, 4.69) is 6.08 Å². The van der Waals surface area contributed by atoms with Gasteiger partial charge in [0, 0.05) is 19.6 Å². The minimum absolute atomic E-state index is 0.0973. The lowest BCUT2D eigenvalue weighted by Gasteiger charge is -2.18. The van der Waals surface area contributed by atoms with Crippen LogP contribution in [0.2, 0.25) is 0 Å². The van der Waals surface area contributed by atoms with Gasteiger partial charge in [0.15, 0.2) is 0 Å². The first-order chi connectivity index (χ1) is 12.0. The Balaban J connectivity index is 1.96. The van der Waals surface area contributed by atoms with Gasteiger partial charge in [0.1, 0.15) is 17.1 Å². The monoisotopic (exact) mass is 344 g/mol. The van der Waals surface area contributed by atoms with Crippen LogP contribution in [0.1, 0.15) is 35.7 Å². The zero-order valence-corrected chi connectivity index (χ0v) is 14.5. The van der Waals surface area contributed by atoms with Crippen molar-refractivity contribution in [3.8, 4) is 11.5 Å². The van der Waals surface area contributed by atoms with Gasteiger partial charge in [-0.15, -0.1) is 0 Å². The molecule has 1 unspecified atom stereocenters. The number of ether oxygens (including phenoxy) is 2. The van der Waals surface area contributed by atoms with Crippen molar-refractivity contribution in [2.24, 2.45) is 11.8 Å². The summed E-state index contributed by atoms with van der Waals surface area (Å²) in [6, 6.07) is 2.63. The molecule has 4 atom stereocenters. The Bertz CT molecular complexity index is 706. The van der Waals surface area contributed by atoms with Crippen molar-refractivity contribution in [2.45, 2.75) is 38.4 Å². The molecule has 1 fully saturated rings. The highest BCUT2D eigenvalue weighted by Gasteiger charge is 2.36. The highest BCUT2D eigenvalue weighted by Crippen LogP contribution is 2.43. The Morgan fingerprint density at radius 1 is 1.16 bits per heavy atom. The molecule has 0 amide bonds. The fraction of sp³-hybridized carbons (Fsp3) is 0.450. The minimum Gasteiger partial charge on any atom is -0.508 e. The maximum absolute atomic E-state index is 12.6. The summed E-state index contributed by atoms with van der Waals surface area (Å²) in [7, 11) is 1.58. The number of carbonyl (C=O) groups is 1. The topological polar surface area (TPSA) is 76.0 Å². The fourth-order valence-corrected chi connectivity index (χ4v) is 3.40. The number of cyclic esters (lactones) is 1. The first-order valence-electron chi connectivity index (χ1n) is 8.61. The van der Waals surface area contributed by atoms with Gasteiger partial charge in [-0.25, -0.2) is 4.79 Å². The van der Waals surface area contributed by atoms with Crippen LogP contribution >= 0.6 is 0 Å². The van der Waals surface area contributed by atoms with Crippen molar-refractivity contribution in [3.05, 3.63) is 47.6 Å². The first kappa shape index (κ1) is 17.5. The summed E-state index contributed by atoms with van der Waals surface area (Å²) in [5, 5.41) is 20.0. The number of allylic oxidation sites excluding steroid dienone is 3. The summed E-state index contributed by atoms with van der Waals surface area (Å²) in [5.41, 5.74) is 0.594. The van der Waals surface area contributed by atoms with E-state index >= 15 is 0 Å². The van der Waals surface area contributed by atoms with Gasteiger partial charge >= 0.3 is 5.97 Å². The van der Waals surface area contributed by atoms with Crippen LogP contribution in [-0.4, -0.2) is 35.5 Å². The Morgan fingerprint density at radius 2 is 1.92 bits per heavy atom. The molecule has 0 bridgehead atoms. The molecule has 1 saturated carbocycles. The smallest absolute Gasteiger partial charge is 0.342 e. The number of phenols is 2. The van der Waals surface area contributed by atoms with Crippen molar-refractivity contribution >= 4 is 5.97 Å². The molecule has 1 aliphatic heterocycles. The number of esters is 1. The molecule has 134 valence electrons. The zero-order valence-electron chi connectivity index (χ0n) is 14.5. The molecule has 1 aromatic carbocycles. The van der Waals surface area contributed by atoms with Gasteiger partial charge in [0.25, 0.3) is 0 Å². The number of hydrogen-bond donors (Lipinski definition) is 2. The Morgan fingerprint density at radius 3 is 2.68 bits per heavy atom. The molecule has 5 heteroatoms. The second-order valence-corrected chi connectivity index (χ2v) is 6.86. The van der Waals surface area contributed by atoms with E-state index in [0.717, 1.165) is 18.9 Å². The number of carbonyl (C=O) groups excluding carboxylic acids is 1. The number of benzene rings is 1. The second kappa shape index (κ2) is 7.31. The average molecular weight is 344 g/mol. The highest BCUT2D eigenvalue weighted by atomic mass is 16.5. The molecule has 5 nitrogen and oxygen atoms in total. The first-order valence-corrected chi connectivity index (χ1v) is 8.61. The molecule has 0 saturated heterocycles. The van der Waals surface area contributed by atoms with E-state index in [1.807, 2.05) is 25.2 Å². The number of fused-ring (bicyclic) bond motifs is 2. The van der Waals surface area contributed by atoms with E-state index in [1.54, 1.807) is 7.11 Å². The molecular formula is C20H24O5. The second-order valence-electron chi connectivity index (χ2n) is 6.86. The number of aromatic hydroxyl groups is 2. The molecule has 25 heavy (non-hydrogen) atoms. The largest absolute Gasteiger partial charge is 0.508 e. The predicted octanol–water partition coefficient (Wildman–Crippen LogP) is 3.35. The molecule has 3 rings (SSSR count). The van der Waals surface area contributed by atoms with Gasteiger partial charge in [0.05, 0.1) is 12.2 Å². The number of hydrogen-bond acceptors (Lipinski definition) is 5. The van der Waals surface area contributed by atoms with Gasteiger partial charge in [-0.2, -0.15) is 0 Å². The molecule has 2 aliphatic rings. The van der Waals surface area contributed by atoms with E-state index in [-0.39, 0.29) is 29.3 Å². The van der Waals surface area contributed by atoms with Crippen LogP contribution in [0.15, 0.2) is 36.4 Å². The molecule has 0 aromatic heterocycles. The van der Waals surface area contributed by atoms with Gasteiger partial charge < -0.3 is 19.7 Å². The average Bonchev–Trinajstić information content (AvgIpc) is 3.26. The number of phenolic OH excluding ortho intramolecular Hbond substituents is 2. The third-order valence-corrected chi connectivity index (χ3v) is 4.83. The summed E-state index contributed by atoms with van der Waals surface area (Å²) in [4.78, 5) is 12.6. The van der Waals surface area contributed by atoms with Crippen molar-refractivity contribution in [2.75, 3.05) is 7.11 Å². The maximum Gasteiger partial charge on any atom is 0.342 e. The van der Waals surface area contributed by atoms with Gasteiger partial charge in [-0.05, 0) is 43.2 Å². The van der Waals surface area contributed by atoms with Crippen LogP contribution in [0.4, 0.5) is 0 Å². The number of methoxy groups -OCH3 is 1. The van der Waals surface area contributed by atoms with Crippen molar-refractivity contribution < 1.29 is 24.5 Å². The Hall–Kier alpha value is -2.27. The molecule has 2 N–H and O–H groups in total. The lowest BCUT2D eigenvalue weighted by atomic mass is 9.99. The molecule has 0 spiro atoms. The Kier molecular flexibility index (Phi) is 5.13. The van der Waals surface area contributed by atoms with Crippen LogP contribution < -0.4 is 0 Å². The van der Waals surface area contributed by atoms with Crippen LogP contribution in [0.25, 0.3) is 0 Å². The molecule has 0 radical (unpaired) electrons. The van der Waals surface area contributed by atoms with Gasteiger partial charge in [-0.3, -0.25) is 0 Å². The van der Waals surface area contributed by atoms with E-state index in [4.69, 9.17) is 9.47 Å². The fourth-order valence-electron chi connectivity index (χ4n) is 3.40. The van der Waals surface area contributed by atoms with Crippen LogP contribution in [-0.2, 0) is 15.9 Å². The van der Waals surface area contributed by atoms with Crippen LogP contribution in [0, 0.1) is 11.8 Å². The summed E-state index contributed by atoms with van der Waals surface area (Å²) in [6.07, 6.45) is 9.79. The summed E-state index contributed by atoms with van der Waals surface area (Å²) < 4.78 is 11.0. The van der Waals surface area contributed by atoms with Crippen LogP contribution in [0.5, 0.6) is 11.5 Å². The molecule has 1 aromatic rings. The molecule has 1 aliphatic carbocycles. The Labute approximate surface area is 147 Å². The lowest BCUT2D eigenvalue weighted by molar-refractivity contribution is 0.0306. The molecular weight excluding hydrogens is 320 g/mol. The summed E-state index contributed by atoms with van der Waals surface area (Å²) in [5.74, 6) is 0.123. The van der Waals surface area contributed by atoms with E-state index in [0.29, 0.717) is 23.8 Å². The van der Waals surface area contributed by atoms with Crippen LogP contribution in [0.3, 0.4) is 0 Å². The number of rotatable bonds is 1. The van der Waals surface area contributed by atoms with Crippen molar-refractivity contribution in [3.63, 3.8) is 0 Å². The standard InChI is InChI=1S/C20H24O5/c1-12-7-14-8-13(14)5-3-4-6-17(24-2)10-15-9-16(21)11-18(22)19(15)20(23)25-12/h3-6,9,11-14,17,21-22H,7-8,10H2,1-2H3/b5-3+,6-4?/t12-,13+,14+,17?/m1/s1. The zero-order chi connectivity index (χ0) is 18.0. The molecule has 1 heterocycles. The lowest BCUT2D eigenvalue weighted by Crippen LogP contribution is -2.19. The quantitative estimate of drug-likeness (QED) is 0.764. The van der Waals surface area contributed by atoms with Gasteiger partial charge in [-0.1, -0.05) is 24.3 Å². The third kappa shape index (κ3) is 4.23. The van der Waals surface area contributed by atoms with Crippen molar-refractivity contribution in [1.29, 1.82) is 0 Å². The maximum atomic E-state index is 12.6.